The van der Waals surface area contributed by atoms with Gasteiger partial charge in [0.15, 0.2) is 12.4 Å². The maximum absolute atomic E-state index is 12.9. The van der Waals surface area contributed by atoms with E-state index in [0.29, 0.717) is 17.4 Å². The van der Waals surface area contributed by atoms with Crippen molar-refractivity contribution >= 4 is 17.9 Å². The number of carboxylic acids is 1. The molecule has 0 aliphatic heterocycles. The van der Waals surface area contributed by atoms with Crippen molar-refractivity contribution in [2.75, 3.05) is 47.5 Å². The van der Waals surface area contributed by atoms with E-state index in [9.17, 15) is 19.5 Å². The Labute approximate surface area is 461 Å². The minimum atomic E-state index is -1.63. The largest absolute Gasteiger partial charge is 0.545 e. The number of aliphatic carboxylic acids is 1. The molecule has 0 spiro atoms. The van der Waals surface area contributed by atoms with Gasteiger partial charge in [-0.15, -0.1) is 0 Å². The molecule has 0 aliphatic rings. The Hall–Kier alpha value is -3.53. The van der Waals surface area contributed by atoms with Crippen molar-refractivity contribution < 1.29 is 42.9 Å². The zero-order valence-electron chi connectivity index (χ0n) is 49.1. The standard InChI is InChI=1S/C66H115NO8/c1-6-8-10-12-14-16-18-20-22-24-26-28-30-31-32-33-35-37-39-41-43-45-47-49-51-53-55-57-64(69)75-62(61-74-66(65(70)71)72-59-58-67(3,4)5)60-73-63(68)56-54-52-50-48-46-44-42-40-38-36-34-29-27-25-23-21-19-17-15-13-11-9-7-2/h8,10,14,16,19-22,25-28,31-32,62,66H,6-7,9,11-13,15,17-18,23-24,29-30,33-61H2,1-5H3/b10-8-,16-14-,21-19-,22-20-,27-25-,28-26-,32-31-. The van der Waals surface area contributed by atoms with Crippen molar-refractivity contribution in [1.29, 1.82) is 0 Å². The summed E-state index contributed by atoms with van der Waals surface area (Å²) in [4.78, 5) is 37.4. The van der Waals surface area contributed by atoms with Gasteiger partial charge in [-0.2, -0.15) is 0 Å². The highest BCUT2D eigenvalue weighted by Gasteiger charge is 2.22. The Morgan fingerprint density at radius 3 is 1.13 bits per heavy atom. The van der Waals surface area contributed by atoms with Crippen LogP contribution in [0.5, 0.6) is 0 Å². The molecule has 0 rings (SSSR count). The molecule has 0 heterocycles. The van der Waals surface area contributed by atoms with Gasteiger partial charge in [-0.05, 0) is 89.9 Å². The Balaban J connectivity index is 4.23. The first-order chi connectivity index (χ1) is 36.6. The van der Waals surface area contributed by atoms with E-state index >= 15 is 0 Å². The van der Waals surface area contributed by atoms with E-state index in [2.05, 4.69) is 98.9 Å². The van der Waals surface area contributed by atoms with Crippen LogP contribution in [0.4, 0.5) is 0 Å². The molecule has 9 heteroatoms. The van der Waals surface area contributed by atoms with Gasteiger partial charge in [-0.25, -0.2) is 0 Å². The summed E-state index contributed by atoms with van der Waals surface area (Å²) in [6.07, 6.45) is 72.0. The summed E-state index contributed by atoms with van der Waals surface area (Å²) in [6.45, 7) is 4.63. The van der Waals surface area contributed by atoms with Crippen molar-refractivity contribution in [1.82, 2.24) is 0 Å². The molecule has 0 amide bonds. The fourth-order valence-corrected chi connectivity index (χ4v) is 8.42. The average Bonchev–Trinajstić information content (AvgIpc) is 3.38. The van der Waals surface area contributed by atoms with Crippen LogP contribution < -0.4 is 5.11 Å². The van der Waals surface area contributed by atoms with Gasteiger partial charge in [0.1, 0.15) is 13.2 Å². The molecule has 0 saturated carbocycles. The number of quaternary nitrogens is 1. The number of allylic oxidation sites excluding steroid dienone is 14. The summed E-state index contributed by atoms with van der Waals surface area (Å²) in [6, 6.07) is 0. The number of unbranched alkanes of at least 4 members (excludes halogenated alkanes) is 27. The molecule has 0 radical (unpaired) electrons. The second-order valence-corrected chi connectivity index (χ2v) is 21.6. The van der Waals surface area contributed by atoms with Crippen LogP contribution in [0.25, 0.3) is 0 Å². The molecule has 0 aromatic heterocycles. The van der Waals surface area contributed by atoms with Crippen LogP contribution in [0.15, 0.2) is 85.1 Å². The van der Waals surface area contributed by atoms with E-state index in [-0.39, 0.29) is 38.6 Å². The van der Waals surface area contributed by atoms with Crippen LogP contribution in [-0.2, 0) is 33.3 Å². The third kappa shape index (κ3) is 58.0. The lowest BCUT2D eigenvalue weighted by molar-refractivity contribution is -0.870. The third-order valence-electron chi connectivity index (χ3n) is 13.1. The molecular weight excluding hydrogens is 935 g/mol. The number of carbonyl (C=O) groups is 3. The highest BCUT2D eigenvalue weighted by molar-refractivity contribution is 5.70. The number of carboxylic acid groups (broad SMARTS) is 1. The van der Waals surface area contributed by atoms with Gasteiger partial charge in [-0.1, -0.05) is 240 Å². The van der Waals surface area contributed by atoms with E-state index < -0.39 is 24.3 Å². The van der Waals surface area contributed by atoms with Crippen molar-refractivity contribution in [2.45, 2.75) is 270 Å². The number of nitrogens with zero attached hydrogens (tertiary/aromatic N) is 1. The monoisotopic (exact) mass is 1050 g/mol. The van der Waals surface area contributed by atoms with Gasteiger partial charge >= 0.3 is 11.9 Å². The van der Waals surface area contributed by atoms with Crippen LogP contribution in [0.1, 0.15) is 258 Å². The van der Waals surface area contributed by atoms with Crippen LogP contribution in [0.3, 0.4) is 0 Å². The summed E-state index contributed by atoms with van der Waals surface area (Å²) < 4.78 is 22.7. The average molecular weight is 1050 g/mol. The van der Waals surface area contributed by atoms with E-state index in [1.165, 1.54) is 141 Å². The van der Waals surface area contributed by atoms with Gasteiger partial charge in [0.25, 0.3) is 0 Å². The molecule has 0 aliphatic carbocycles. The van der Waals surface area contributed by atoms with Gasteiger partial charge in [0.05, 0.1) is 40.3 Å². The number of esters is 2. The van der Waals surface area contributed by atoms with Crippen molar-refractivity contribution in [2.24, 2.45) is 0 Å². The number of hydrogen-bond acceptors (Lipinski definition) is 8. The molecule has 2 atom stereocenters. The minimum absolute atomic E-state index is 0.144. The van der Waals surface area contributed by atoms with Crippen molar-refractivity contribution in [3.05, 3.63) is 85.1 Å². The highest BCUT2D eigenvalue weighted by atomic mass is 16.7. The molecule has 0 aromatic rings. The molecular formula is C66H115NO8. The van der Waals surface area contributed by atoms with Crippen LogP contribution in [-0.4, -0.2) is 82.3 Å². The van der Waals surface area contributed by atoms with Gasteiger partial charge < -0.3 is 33.3 Å². The fraction of sp³-hybridized carbons (Fsp3) is 0.742. The van der Waals surface area contributed by atoms with E-state index in [4.69, 9.17) is 18.9 Å². The molecule has 0 fully saturated rings. The summed E-state index contributed by atoms with van der Waals surface area (Å²) >= 11 is 0. The lowest BCUT2D eigenvalue weighted by Gasteiger charge is -2.26. The number of ether oxygens (including phenoxy) is 4. The quantitative estimate of drug-likeness (QED) is 0.0195. The SMILES string of the molecule is CC/C=C\C/C=C\C/C=C\C/C=C\C/C=C\CCCCCCCCCCCCCC(=O)OC(COC(=O)CCCCCCCCCCCCC/C=C\C/C=C\CCCCCCC)COC(OCC[N+](C)(C)C)C(=O)[O-]. The zero-order chi connectivity index (χ0) is 54.8. The minimum Gasteiger partial charge on any atom is -0.545 e. The molecule has 432 valence electrons. The number of likely N-dealkylation sites (N-methyl/N-ethyl adjacent to an activating group) is 1. The molecule has 0 bridgehead atoms. The number of carbonyl (C=O) groups excluding carboxylic acids is 3. The van der Waals surface area contributed by atoms with Gasteiger partial charge in [0, 0.05) is 12.8 Å². The highest BCUT2D eigenvalue weighted by Crippen LogP contribution is 2.16. The molecule has 2 unspecified atom stereocenters. The van der Waals surface area contributed by atoms with E-state index in [0.717, 1.165) is 83.5 Å². The Morgan fingerprint density at radius 2 is 0.760 bits per heavy atom. The zero-order valence-corrected chi connectivity index (χ0v) is 49.1. The number of rotatable bonds is 56. The lowest BCUT2D eigenvalue weighted by Crippen LogP contribution is -2.44. The Kier molecular flexibility index (Phi) is 54.0. The second-order valence-electron chi connectivity index (χ2n) is 21.6. The fourth-order valence-electron chi connectivity index (χ4n) is 8.42. The first-order valence-corrected chi connectivity index (χ1v) is 30.7. The topological polar surface area (TPSA) is 111 Å². The maximum Gasteiger partial charge on any atom is 0.306 e. The normalized spacial score (nSPS) is 13.3. The van der Waals surface area contributed by atoms with Crippen LogP contribution >= 0.6 is 0 Å². The van der Waals surface area contributed by atoms with Crippen molar-refractivity contribution in [3.8, 4) is 0 Å². The van der Waals surface area contributed by atoms with E-state index in [1.807, 2.05) is 21.1 Å². The third-order valence-corrected chi connectivity index (χ3v) is 13.1. The molecule has 75 heavy (non-hydrogen) atoms. The Bertz CT molecular complexity index is 1500. The summed E-state index contributed by atoms with van der Waals surface area (Å²) in [5.74, 6) is -2.29. The van der Waals surface area contributed by atoms with Crippen LogP contribution in [0, 0.1) is 0 Å². The smallest absolute Gasteiger partial charge is 0.306 e. The molecule has 0 aromatic carbocycles. The van der Waals surface area contributed by atoms with Crippen LogP contribution in [0.2, 0.25) is 0 Å². The molecule has 9 nitrogen and oxygen atoms in total. The summed E-state index contributed by atoms with van der Waals surface area (Å²) in [5.41, 5.74) is 0. The maximum atomic E-state index is 12.9. The first kappa shape index (κ1) is 71.5. The number of hydrogen-bond donors (Lipinski definition) is 0. The molecule has 0 N–H and O–H groups in total. The predicted molar refractivity (Wildman–Crippen MR) is 315 cm³/mol. The van der Waals surface area contributed by atoms with E-state index in [1.54, 1.807) is 0 Å². The summed E-state index contributed by atoms with van der Waals surface area (Å²) in [5, 5.41) is 11.8. The first-order valence-electron chi connectivity index (χ1n) is 30.7. The Morgan fingerprint density at radius 1 is 0.413 bits per heavy atom. The van der Waals surface area contributed by atoms with Gasteiger partial charge in [0.2, 0.25) is 0 Å². The molecule has 0 saturated heterocycles. The van der Waals surface area contributed by atoms with Gasteiger partial charge in [-0.3, -0.25) is 9.59 Å². The lowest BCUT2D eigenvalue weighted by atomic mass is 10.0. The second kappa shape index (κ2) is 56.7. The van der Waals surface area contributed by atoms with Crippen molar-refractivity contribution in [3.63, 3.8) is 0 Å². The predicted octanol–water partition coefficient (Wildman–Crippen LogP) is 17.0. The summed E-state index contributed by atoms with van der Waals surface area (Å²) in [7, 11) is 5.92.